The molecule has 1 aliphatic rings. The number of nitrogens with one attached hydrogen (secondary N) is 2. The maximum absolute atomic E-state index is 14.2. The highest BCUT2D eigenvalue weighted by molar-refractivity contribution is 5.73. The largest absolute Gasteiger partial charge is 0.341 e. The number of hydrogen-bond donors (Lipinski definition) is 2. The highest BCUT2D eigenvalue weighted by atomic mass is 19.1. The summed E-state index contributed by atoms with van der Waals surface area (Å²) in [7, 11) is 0. The molecule has 2 aromatic rings. The highest BCUT2D eigenvalue weighted by Gasteiger charge is 2.18. The van der Waals surface area contributed by atoms with Gasteiger partial charge in [-0.05, 0) is 36.8 Å². The van der Waals surface area contributed by atoms with Gasteiger partial charge >= 0.3 is 0 Å². The molecule has 3 rings (SSSR count). The fourth-order valence-electron chi connectivity index (χ4n) is 3.16. The third-order valence-corrected chi connectivity index (χ3v) is 4.75. The van der Waals surface area contributed by atoms with Crippen molar-refractivity contribution < 1.29 is 9.18 Å². The minimum atomic E-state index is -0.338. The predicted octanol–water partition coefficient (Wildman–Crippen LogP) is 3.19. The molecule has 0 unspecified atom stereocenters. The van der Waals surface area contributed by atoms with Gasteiger partial charge in [0.2, 0.25) is 5.91 Å². The van der Waals surface area contributed by atoms with Gasteiger partial charge in [0.15, 0.2) is 0 Å². The third-order valence-electron chi connectivity index (χ3n) is 4.75. The summed E-state index contributed by atoms with van der Waals surface area (Å²) in [6.07, 6.45) is 1.70. The van der Waals surface area contributed by atoms with Crippen molar-refractivity contribution in [3.8, 4) is 0 Å². The third kappa shape index (κ3) is 5.29. The van der Waals surface area contributed by atoms with E-state index in [0.717, 1.165) is 43.1 Å². The van der Waals surface area contributed by atoms with E-state index in [9.17, 15) is 9.18 Å². The summed E-state index contributed by atoms with van der Waals surface area (Å²) in [5, 5.41) is 6.07. The van der Waals surface area contributed by atoms with Gasteiger partial charge in [-0.1, -0.05) is 12.6 Å². The number of pyridine rings is 1. The average molecular weight is 383 g/mol. The molecule has 1 fully saturated rings. The number of aromatic nitrogens is 1. The maximum Gasteiger partial charge on any atom is 0.219 e. The van der Waals surface area contributed by atoms with Gasteiger partial charge in [0.05, 0.1) is 17.6 Å². The Labute approximate surface area is 165 Å². The Bertz CT molecular complexity index is 844. The highest BCUT2D eigenvalue weighted by Crippen LogP contribution is 2.20. The molecular formula is C21H26FN5O. The molecule has 0 bridgehead atoms. The van der Waals surface area contributed by atoms with Crippen LogP contribution in [0.15, 0.2) is 48.9 Å². The molecule has 0 atom stereocenters. The zero-order chi connectivity index (χ0) is 20.1. The summed E-state index contributed by atoms with van der Waals surface area (Å²) in [4.78, 5) is 19.8. The molecule has 28 heavy (non-hydrogen) atoms. The van der Waals surface area contributed by atoms with Gasteiger partial charge in [-0.3, -0.25) is 14.7 Å². The Balaban J connectivity index is 1.59. The lowest BCUT2D eigenvalue weighted by molar-refractivity contribution is -0.130. The smallest absolute Gasteiger partial charge is 0.219 e. The molecule has 7 heteroatoms. The molecule has 1 saturated heterocycles. The van der Waals surface area contributed by atoms with Crippen molar-refractivity contribution in [2.75, 3.05) is 36.8 Å². The predicted molar refractivity (Wildman–Crippen MR) is 109 cm³/mol. The standard InChI is InChI=1S/C21H26FN5O/c1-15-4-6-19(13-23-15)24-16(2)25-21-12-18(5-7-20(21)22)14-26-8-10-27(11-9-26)17(3)28/h4-7,12-13,24-25H,2,8-11,14H2,1,3H3. The van der Waals surface area contributed by atoms with Gasteiger partial charge < -0.3 is 15.5 Å². The van der Waals surface area contributed by atoms with E-state index in [1.807, 2.05) is 24.0 Å². The van der Waals surface area contributed by atoms with Gasteiger partial charge in [-0.25, -0.2) is 4.39 Å². The Kier molecular flexibility index (Phi) is 6.26. The summed E-state index contributed by atoms with van der Waals surface area (Å²) >= 11 is 0. The summed E-state index contributed by atoms with van der Waals surface area (Å²) in [5.41, 5.74) is 3.08. The molecule has 148 valence electrons. The van der Waals surface area contributed by atoms with E-state index in [0.29, 0.717) is 18.1 Å². The lowest BCUT2D eigenvalue weighted by Crippen LogP contribution is -2.47. The first kappa shape index (κ1) is 19.8. The molecule has 6 nitrogen and oxygen atoms in total. The van der Waals surface area contributed by atoms with Crippen molar-refractivity contribution in [1.82, 2.24) is 14.8 Å². The van der Waals surface area contributed by atoms with Crippen LogP contribution < -0.4 is 10.6 Å². The molecule has 1 aromatic carbocycles. The van der Waals surface area contributed by atoms with Crippen LogP contribution in [0.2, 0.25) is 0 Å². The Morgan fingerprint density at radius 3 is 2.57 bits per heavy atom. The minimum Gasteiger partial charge on any atom is -0.341 e. The number of carbonyl (C=O) groups is 1. The van der Waals surface area contributed by atoms with Crippen LogP contribution in [0.3, 0.4) is 0 Å². The average Bonchev–Trinajstić information content (AvgIpc) is 2.67. The van der Waals surface area contributed by atoms with Gasteiger partial charge in [-0.15, -0.1) is 0 Å². The quantitative estimate of drug-likeness (QED) is 0.802. The van der Waals surface area contributed by atoms with E-state index in [1.54, 1.807) is 25.3 Å². The van der Waals surface area contributed by atoms with Crippen molar-refractivity contribution in [3.05, 3.63) is 66.0 Å². The van der Waals surface area contributed by atoms with E-state index in [4.69, 9.17) is 0 Å². The monoisotopic (exact) mass is 383 g/mol. The van der Waals surface area contributed by atoms with Crippen molar-refractivity contribution >= 4 is 17.3 Å². The molecular weight excluding hydrogens is 357 g/mol. The number of piperazine rings is 1. The topological polar surface area (TPSA) is 60.5 Å². The van der Waals surface area contributed by atoms with Crippen molar-refractivity contribution in [3.63, 3.8) is 0 Å². The van der Waals surface area contributed by atoms with Crippen LogP contribution in [0.5, 0.6) is 0 Å². The number of anilines is 2. The van der Waals surface area contributed by atoms with Gasteiger partial charge in [-0.2, -0.15) is 0 Å². The van der Waals surface area contributed by atoms with Crippen LogP contribution in [0.4, 0.5) is 15.8 Å². The van der Waals surface area contributed by atoms with E-state index in [-0.39, 0.29) is 11.7 Å². The summed E-state index contributed by atoms with van der Waals surface area (Å²) in [6.45, 7) is 11.2. The first-order chi connectivity index (χ1) is 13.4. The number of nitrogens with zero attached hydrogens (tertiary/aromatic N) is 3. The molecule has 0 spiro atoms. The normalized spacial score (nSPS) is 14.6. The zero-order valence-electron chi connectivity index (χ0n) is 16.3. The van der Waals surface area contributed by atoms with E-state index >= 15 is 0 Å². The van der Waals surface area contributed by atoms with Crippen molar-refractivity contribution in [2.45, 2.75) is 20.4 Å². The number of aryl methyl sites for hydroxylation is 1. The zero-order valence-corrected chi connectivity index (χ0v) is 16.3. The summed E-state index contributed by atoms with van der Waals surface area (Å²) in [6, 6.07) is 8.83. The van der Waals surface area contributed by atoms with Crippen LogP contribution in [-0.4, -0.2) is 46.9 Å². The SMILES string of the molecule is C=C(Nc1ccc(C)nc1)Nc1cc(CN2CCN(C(C)=O)CC2)ccc1F. The lowest BCUT2D eigenvalue weighted by Gasteiger charge is -2.34. The Morgan fingerprint density at radius 1 is 1.18 bits per heavy atom. The van der Waals surface area contributed by atoms with Crippen LogP contribution in [0.25, 0.3) is 0 Å². The second kappa shape index (κ2) is 8.84. The number of carbonyl (C=O) groups excluding carboxylic acids is 1. The molecule has 0 saturated carbocycles. The Morgan fingerprint density at radius 2 is 1.93 bits per heavy atom. The molecule has 2 heterocycles. The first-order valence-electron chi connectivity index (χ1n) is 9.32. The second-order valence-electron chi connectivity index (χ2n) is 7.01. The van der Waals surface area contributed by atoms with Gasteiger partial charge in [0.25, 0.3) is 0 Å². The van der Waals surface area contributed by atoms with Crippen LogP contribution in [-0.2, 0) is 11.3 Å². The van der Waals surface area contributed by atoms with Crippen molar-refractivity contribution in [2.24, 2.45) is 0 Å². The number of halogens is 1. The molecule has 1 aliphatic heterocycles. The van der Waals surface area contributed by atoms with E-state index in [1.165, 1.54) is 6.07 Å². The summed E-state index contributed by atoms with van der Waals surface area (Å²) < 4.78 is 14.2. The van der Waals surface area contributed by atoms with Crippen molar-refractivity contribution in [1.29, 1.82) is 0 Å². The maximum atomic E-state index is 14.2. The van der Waals surface area contributed by atoms with Crippen LogP contribution >= 0.6 is 0 Å². The number of rotatable bonds is 6. The van der Waals surface area contributed by atoms with Gasteiger partial charge in [0, 0.05) is 45.3 Å². The fraction of sp³-hybridized carbons (Fsp3) is 0.333. The van der Waals surface area contributed by atoms with E-state index in [2.05, 4.69) is 27.1 Å². The van der Waals surface area contributed by atoms with Gasteiger partial charge in [0.1, 0.15) is 11.6 Å². The summed E-state index contributed by atoms with van der Waals surface area (Å²) in [5.74, 6) is 0.245. The van der Waals surface area contributed by atoms with Crippen LogP contribution in [0, 0.1) is 12.7 Å². The van der Waals surface area contributed by atoms with E-state index < -0.39 is 0 Å². The fourth-order valence-corrected chi connectivity index (χ4v) is 3.16. The molecule has 1 amide bonds. The number of benzene rings is 1. The number of amides is 1. The van der Waals surface area contributed by atoms with Crippen LogP contribution in [0.1, 0.15) is 18.2 Å². The lowest BCUT2D eigenvalue weighted by atomic mass is 10.1. The first-order valence-corrected chi connectivity index (χ1v) is 9.32. The molecule has 0 aliphatic carbocycles. The molecule has 2 N–H and O–H groups in total. The minimum absolute atomic E-state index is 0.114. The second-order valence-corrected chi connectivity index (χ2v) is 7.01. The Hall–Kier alpha value is -2.93. The molecule has 0 radical (unpaired) electrons. The molecule has 1 aromatic heterocycles. The number of hydrogen-bond acceptors (Lipinski definition) is 5.